The van der Waals surface area contributed by atoms with Crippen molar-refractivity contribution >= 4 is 0 Å². The highest BCUT2D eigenvalue weighted by Crippen LogP contribution is 1.98. The van der Waals surface area contributed by atoms with Gasteiger partial charge in [0.05, 0.1) is 13.2 Å². The summed E-state index contributed by atoms with van der Waals surface area (Å²) in [7, 11) is 0. The fourth-order valence-corrected chi connectivity index (χ4v) is 0.925. The van der Waals surface area contributed by atoms with E-state index in [2.05, 4.69) is 6.92 Å². The summed E-state index contributed by atoms with van der Waals surface area (Å²) < 4.78 is 5.28. The molecular formula is C10H20O2. The Morgan fingerprint density at radius 1 is 1.17 bits per heavy atom. The van der Waals surface area contributed by atoms with Crippen LogP contribution in [0.1, 0.15) is 32.6 Å². The third-order valence-electron chi connectivity index (χ3n) is 1.63. The summed E-state index contributed by atoms with van der Waals surface area (Å²) in [5.41, 5.74) is 0. The first-order chi connectivity index (χ1) is 5.91. The van der Waals surface area contributed by atoms with Crippen LogP contribution in [0.3, 0.4) is 0 Å². The van der Waals surface area contributed by atoms with E-state index in [0.29, 0.717) is 6.61 Å². The van der Waals surface area contributed by atoms with Crippen molar-refractivity contribution in [1.82, 2.24) is 0 Å². The van der Waals surface area contributed by atoms with Crippen molar-refractivity contribution in [2.75, 3.05) is 19.8 Å². The molecule has 0 radical (unpaired) electrons. The minimum atomic E-state index is 0.110. The Bertz CT molecular complexity index is 100. The van der Waals surface area contributed by atoms with Gasteiger partial charge in [0.15, 0.2) is 0 Å². The van der Waals surface area contributed by atoms with Crippen LogP contribution >= 0.6 is 0 Å². The molecule has 0 unspecified atom stereocenters. The molecule has 0 aliphatic carbocycles. The van der Waals surface area contributed by atoms with Crippen molar-refractivity contribution in [1.29, 1.82) is 0 Å². The van der Waals surface area contributed by atoms with Crippen LogP contribution in [0.25, 0.3) is 0 Å². The molecular weight excluding hydrogens is 152 g/mol. The minimum Gasteiger partial charge on any atom is -0.392 e. The number of hydrogen-bond donors (Lipinski definition) is 1. The van der Waals surface area contributed by atoms with Gasteiger partial charge in [-0.2, -0.15) is 0 Å². The van der Waals surface area contributed by atoms with Crippen LogP contribution in [-0.4, -0.2) is 24.9 Å². The highest BCUT2D eigenvalue weighted by Gasteiger charge is 1.86. The summed E-state index contributed by atoms with van der Waals surface area (Å²) in [6.45, 7) is 3.78. The van der Waals surface area contributed by atoms with E-state index in [9.17, 15) is 0 Å². The number of ether oxygens (including phenoxy) is 1. The second-order valence-electron chi connectivity index (χ2n) is 2.79. The molecule has 0 aromatic heterocycles. The van der Waals surface area contributed by atoms with Crippen LogP contribution in [0.2, 0.25) is 0 Å². The summed E-state index contributed by atoms with van der Waals surface area (Å²) in [5, 5.41) is 8.40. The van der Waals surface area contributed by atoms with E-state index in [1.807, 2.05) is 6.08 Å². The molecule has 0 rings (SSSR count). The molecule has 0 heterocycles. The lowest BCUT2D eigenvalue weighted by Crippen LogP contribution is -1.94. The van der Waals surface area contributed by atoms with Crippen molar-refractivity contribution in [2.45, 2.75) is 32.6 Å². The van der Waals surface area contributed by atoms with Crippen LogP contribution in [0, 0.1) is 0 Å². The zero-order chi connectivity index (χ0) is 9.07. The monoisotopic (exact) mass is 172 g/mol. The van der Waals surface area contributed by atoms with Crippen LogP contribution in [0.4, 0.5) is 0 Å². The third kappa shape index (κ3) is 9.66. The van der Waals surface area contributed by atoms with Gasteiger partial charge in [-0.05, 0) is 6.42 Å². The smallest absolute Gasteiger partial charge is 0.0648 e. The summed E-state index contributed by atoms with van der Waals surface area (Å²) in [6.07, 6.45) is 8.53. The molecule has 0 bridgehead atoms. The molecule has 0 aliphatic heterocycles. The molecule has 1 N–H and O–H groups in total. The predicted octanol–water partition coefficient (Wildman–Crippen LogP) is 2.13. The Morgan fingerprint density at radius 2 is 2.00 bits per heavy atom. The molecule has 0 aromatic carbocycles. The molecule has 2 nitrogen and oxygen atoms in total. The highest BCUT2D eigenvalue weighted by atomic mass is 16.5. The lowest BCUT2D eigenvalue weighted by atomic mass is 10.2. The van der Waals surface area contributed by atoms with E-state index in [1.54, 1.807) is 6.08 Å². The number of aliphatic hydroxyl groups excluding tert-OH is 1. The van der Waals surface area contributed by atoms with Gasteiger partial charge in [-0.3, -0.25) is 0 Å². The molecule has 0 aromatic rings. The molecule has 0 saturated carbocycles. The molecule has 0 atom stereocenters. The number of hydrogen-bond acceptors (Lipinski definition) is 2. The largest absolute Gasteiger partial charge is 0.392 e. The van der Waals surface area contributed by atoms with Crippen molar-refractivity contribution in [3.05, 3.63) is 12.2 Å². The van der Waals surface area contributed by atoms with Gasteiger partial charge in [-0.25, -0.2) is 0 Å². The summed E-state index contributed by atoms with van der Waals surface area (Å²) >= 11 is 0. The molecule has 0 fully saturated rings. The van der Waals surface area contributed by atoms with Crippen molar-refractivity contribution in [3.63, 3.8) is 0 Å². The van der Waals surface area contributed by atoms with E-state index >= 15 is 0 Å². The van der Waals surface area contributed by atoms with Crippen LogP contribution in [-0.2, 0) is 4.74 Å². The second kappa shape index (κ2) is 10.7. The standard InChI is InChI=1S/C10H20O2/c1-2-3-4-6-9-12-10-7-5-8-11/h5,7,11H,2-4,6,8-10H2,1H3/b7-5-. The van der Waals surface area contributed by atoms with Gasteiger partial charge in [0.25, 0.3) is 0 Å². The van der Waals surface area contributed by atoms with E-state index in [1.165, 1.54) is 19.3 Å². The molecule has 2 heteroatoms. The van der Waals surface area contributed by atoms with Gasteiger partial charge in [0.2, 0.25) is 0 Å². The number of rotatable bonds is 8. The third-order valence-corrected chi connectivity index (χ3v) is 1.63. The fraction of sp³-hybridized carbons (Fsp3) is 0.800. The predicted molar refractivity (Wildman–Crippen MR) is 51.2 cm³/mol. The number of unbranched alkanes of at least 4 members (excludes halogenated alkanes) is 3. The summed E-state index contributed by atoms with van der Waals surface area (Å²) in [4.78, 5) is 0. The van der Waals surface area contributed by atoms with Gasteiger partial charge in [-0.15, -0.1) is 0 Å². The van der Waals surface area contributed by atoms with E-state index in [0.717, 1.165) is 13.0 Å². The maximum absolute atomic E-state index is 8.40. The van der Waals surface area contributed by atoms with Crippen molar-refractivity contribution < 1.29 is 9.84 Å². The molecule has 0 spiro atoms. The molecule has 0 amide bonds. The maximum atomic E-state index is 8.40. The van der Waals surface area contributed by atoms with Gasteiger partial charge in [0, 0.05) is 6.61 Å². The normalized spacial score (nSPS) is 11.2. The first-order valence-electron chi connectivity index (χ1n) is 4.75. The fourth-order valence-electron chi connectivity index (χ4n) is 0.925. The Hall–Kier alpha value is -0.340. The Kier molecular flexibility index (Phi) is 10.4. The van der Waals surface area contributed by atoms with Gasteiger partial charge >= 0.3 is 0 Å². The Labute approximate surface area is 75.2 Å². The van der Waals surface area contributed by atoms with E-state index in [4.69, 9.17) is 9.84 Å². The van der Waals surface area contributed by atoms with Crippen LogP contribution < -0.4 is 0 Å². The van der Waals surface area contributed by atoms with Crippen LogP contribution in [0.15, 0.2) is 12.2 Å². The number of aliphatic hydroxyl groups is 1. The van der Waals surface area contributed by atoms with Crippen LogP contribution in [0.5, 0.6) is 0 Å². The van der Waals surface area contributed by atoms with Gasteiger partial charge in [0.1, 0.15) is 0 Å². The second-order valence-corrected chi connectivity index (χ2v) is 2.79. The Balaban J connectivity index is 2.86. The van der Waals surface area contributed by atoms with Gasteiger partial charge in [-0.1, -0.05) is 38.3 Å². The SMILES string of the molecule is CCCCCCOC/C=C\CO. The highest BCUT2D eigenvalue weighted by molar-refractivity contribution is 4.80. The van der Waals surface area contributed by atoms with Crippen molar-refractivity contribution in [3.8, 4) is 0 Å². The van der Waals surface area contributed by atoms with Crippen molar-refractivity contribution in [2.24, 2.45) is 0 Å². The minimum absolute atomic E-state index is 0.110. The maximum Gasteiger partial charge on any atom is 0.0648 e. The van der Waals surface area contributed by atoms with E-state index in [-0.39, 0.29) is 6.61 Å². The summed E-state index contributed by atoms with van der Waals surface area (Å²) in [5.74, 6) is 0. The zero-order valence-electron chi connectivity index (χ0n) is 7.96. The zero-order valence-corrected chi connectivity index (χ0v) is 7.96. The first-order valence-corrected chi connectivity index (χ1v) is 4.75. The quantitative estimate of drug-likeness (QED) is 0.449. The molecule has 12 heavy (non-hydrogen) atoms. The van der Waals surface area contributed by atoms with E-state index < -0.39 is 0 Å². The molecule has 0 saturated heterocycles. The average molecular weight is 172 g/mol. The first kappa shape index (κ1) is 11.7. The average Bonchev–Trinajstić information content (AvgIpc) is 2.10. The topological polar surface area (TPSA) is 29.5 Å². The molecule has 0 aliphatic rings. The molecule has 72 valence electrons. The Morgan fingerprint density at radius 3 is 2.67 bits per heavy atom. The lowest BCUT2D eigenvalue weighted by molar-refractivity contribution is 0.157. The lowest BCUT2D eigenvalue weighted by Gasteiger charge is -1.99. The van der Waals surface area contributed by atoms with Gasteiger partial charge < -0.3 is 9.84 Å². The summed E-state index contributed by atoms with van der Waals surface area (Å²) in [6, 6.07) is 0.